The predicted molar refractivity (Wildman–Crippen MR) is 87.6 cm³/mol. The highest BCUT2D eigenvalue weighted by molar-refractivity contribution is 7.99. The van der Waals surface area contributed by atoms with Crippen molar-refractivity contribution < 1.29 is 8.42 Å². The summed E-state index contributed by atoms with van der Waals surface area (Å²) < 4.78 is 26.8. The van der Waals surface area contributed by atoms with Crippen LogP contribution in [0, 0.1) is 0 Å². The van der Waals surface area contributed by atoms with Gasteiger partial charge < -0.3 is 5.73 Å². The molecule has 4 nitrogen and oxygen atoms in total. The van der Waals surface area contributed by atoms with Crippen LogP contribution in [0.2, 0.25) is 0 Å². The van der Waals surface area contributed by atoms with E-state index >= 15 is 0 Å². The fraction of sp³-hybridized carbons (Fsp3) is 0.462. The van der Waals surface area contributed by atoms with Crippen LogP contribution >= 0.6 is 24.0 Å². The van der Waals surface area contributed by atoms with E-state index in [9.17, 15) is 8.42 Å². The molecule has 0 aromatic heterocycles. The van der Waals surface area contributed by atoms with Crippen molar-refractivity contribution in [2.24, 2.45) is 5.73 Å². The minimum atomic E-state index is -3.40. The average molecular weight is 331 g/mol. The molecule has 2 N–H and O–H groups in total. The average Bonchev–Trinajstić information content (AvgIpc) is 2.39. The largest absolute Gasteiger partial charge is 0.393 e. The van der Waals surface area contributed by atoms with Crippen LogP contribution in [0.25, 0.3) is 0 Å². The van der Waals surface area contributed by atoms with Crippen molar-refractivity contribution in [3.05, 3.63) is 29.8 Å². The summed E-state index contributed by atoms with van der Waals surface area (Å²) in [5.74, 6) is 1.70. The summed E-state index contributed by atoms with van der Waals surface area (Å²) >= 11 is 6.64. The van der Waals surface area contributed by atoms with Gasteiger partial charge in [-0.1, -0.05) is 24.4 Å². The molecule has 1 heterocycles. The van der Waals surface area contributed by atoms with E-state index in [1.54, 1.807) is 40.3 Å². The number of rotatable bonds is 4. The van der Waals surface area contributed by atoms with Crippen molar-refractivity contribution in [1.29, 1.82) is 0 Å². The Hall–Kier alpha value is -0.630. The molecule has 20 heavy (non-hydrogen) atoms. The second-order valence-corrected chi connectivity index (χ2v) is 8.39. The molecular formula is C13H18N2O2S3. The summed E-state index contributed by atoms with van der Waals surface area (Å²) in [6.45, 7) is 2.52. The van der Waals surface area contributed by atoms with Gasteiger partial charge in [0.15, 0.2) is 0 Å². The number of nitrogens with two attached hydrogens (primary N) is 1. The third kappa shape index (κ3) is 3.52. The van der Waals surface area contributed by atoms with E-state index in [1.807, 2.05) is 6.92 Å². The van der Waals surface area contributed by atoms with Gasteiger partial charge in [-0.2, -0.15) is 16.1 Å². The fourth-order valence-corrected chi connectivity index (χ4v) is 5.21. The number of thiocarbonyl (C=S) groups is 1. The summed E-state index contributed by atoms with van der Waals surface area (Å²) in [6.07, 6.45) is 0.492. The molecule has 1 aliphatic heterocycles. The van der Waals surface area contributed by atoms with Gasteiger partial charge in [0.2, 0.25) is 10.0 Å². The summed E-state index contributed by atoms with van der Waals surface area (Å²) in [7, 11) is -3.40. The number of sulfonamides is 1. The topological polar surface area (TPSA) is 63.4 Å². The molecule has 0 spiro atoms. The molecule has 0 saturated carbocycles. The standard InChI is InChI=1S/C13H18N2O2S3/c1-10-9-19-7-6-15(10)20(16,17)12-4-2-11(3-5-12)8-13(14)18/h2-5,10H,6-9H2,1H3,(H2,14,18). The third-order valence-electron chi connectivity index (χ3n) is 3.21. The smallest absolute Gasteiger partial charge is 0.243 e. The first-order chi connectivity index (χ1) is 9.41. The molecule has 1 unspecified atom stereocenters. The van der Waals surface area contributed by atoms with Crippen molar-refractivity contribution in [2.75, 3.05) is 18.1 Å². The van der Waals surface area contributed by atoms with Crippen molar-refractivity contribution >= 4 is 39.0 Å². The number of thioether (sulfide) groups is 1. The molecule has 1 fully saturated rings. The van der Waals surface area contributed by atoms with Gasteiger partial charge in [0.1, 0.15) is 0 Å². The van der Waals surface area contributed by atoms with Crippen molar-refractivity contribution in [3.63, 3.8) is 0 Å². The lowest BCUT2D eigenvalue weighted by Gasteiger charge is -2.31. The monoisotopic (exact) mass is 330 g/mol. The molecule has 1 saturated heterocycles. The highest BCUT2D eigenvalue weighted by Gasteiger charge is 2.31. The molecule has 1 aromatic carbocycles. The minimum absolute atomic E-state index is 0.0371. The quantitative estimate of drug-likeness (QED) is 0.850. The maximum Gasteiger partial charge on any atom is 0.243 e. The number of hydrogen-bond acceptors (Lipinski definition) is 4. The summed E-state index contributed by atoms with van der Waals surface area (Å²) in [5, 5.41) is 0. The van der Waals surface area contributed by atoms with E-state index in [2.05, 4.69) is 0 Å². The Bertz CT molecular complexity index is 584. The maximum atomic E-state index is 12.6. The van der Waals surface area contributed by atoms with Gasteiger partial charge in [0.25, 0.3) is 0 Å². The van der Waals surface area contributed by atoms with Gasteiger partial charge in [-0.3, -0.25) is 0 Å². The van der Waals surface area contributed by atoms with Crippen molar-refractivity contribution in [3.8, 4) is 0 Å². The normalized spacial score (nSPS) is 20.8. The van der Waals surface area contributed by atoms with Crippen LogP contribution in [-0.4, -0.2) is 41.8 Å². The maximum absolute atomic E-state index is 12.6. The minimum Gasteiger partial charge on any atom is -0.393 e. The number of hydrogen-bond donors (Lipinski definition) is 1. The Morgan fingerprint density at radius 3 is 2.65 bits per heavy atom. The molecule has 0 amide bonds. The molecule has 0 bridgehead atoms. The van der Waals surface area contributed by atoms with Crippen LogP contribution in [0.15, 0.2) is 29.2 Å². The first-order valence-corrected chi connectivity index (χ1v) is 9.38. The predicted octanol–water partition coefficient (Wildman–Crippen LogP) is 1.64. The van der Waals surface area contributed by atoms with Gasteiger partial charge in [-0.05, 0) is 24.6 Å². The Morgan fingerprint density at radius 2 is 2.10 bits per heavy atom. The van der Waals surface area contributed by atoms with Crippen molar-refractivity contribution in [1.82, 2.24) is 4.31 Å². The molecule has 0 aliphatic carbocycles. The van der Waals surface area contributed by atoms with E-state index in [-0.39, 0.29) is 6.04 Å². The van der Waals surface area contributed by atoms with Gasteiger partial charge >= 0.3 is 0 Å². The van der Waals surface area contributed by atoms with E-state index in [0.29, 0.717) is 22.8 Å². The van der Waals surface area contributed by atoms with Crippen LogP contribution < -0.4 is 5.73 Å². The molecule has 2 rings (SSSR count). The van der Waals surface area contributed by atoms with E-state index in [4.69, 9.17) is 18.0 Å². The zero-order valence-electron chi connectivity index (χ0n) is 11.3. The van der Waals surface area contributed by atoms with Gasteiger partial charge in [-0.15, -0.1) is 0 Å². The highest BCUT2D eigenvalue weighted by Crippen LogP contribution is 2.24. The van der Waals surface area contributed by atoms with Crippen LogP contribution in [0.4, 0.5) is 0 Å². The van der Waals surface area contributed by atoms with Crippen LogP contribution in [0.1, 0.15) is 12.5 Å². The fourth-order valence-electron chi connectivity index (χ4n) is 2.18. The van der Waals surface area contributed by atoms with Gasteiger partial charge in [-0.25, -0.2) is 8.42 Å². The molecule has 110 valence electrons. The second kappa shape index (κ2) is 6.43. The van der Waals surface area contributed by atoms with Crippen LogP contribution in [0.3, 0.4) is 0 Å². The van der Waals surface area contributed by atoms with E-state index in [0.717, 1.165) is 17.1 Å². The molecule has 1 aliphatic rings. The van der Waals surface area contributed by atoms with Gasteiger partial charge in [0.05, 0.1) is 9.88 Å². The summed E-state index contributed by atoms with van der Waals surface area (Å²) in [6, 6.07) is 6.86. The van der Waals surface area contributed by atoms with Crippen LogP contribution in [-0.2, 0) is 16.4 Å². The zero-order chi connectivity index (χ0) is 14.8. The van der Waals surface area contributed by atoms with E-state index in [1.165, 1.54) is 0 Å². The Morgan fingerprint density at radius 1 is 1.45 bits per heavy atom. The molecule has 0 radical (unpaired) electrons. The lowest BCUT2D eigenvalue weighted by Crippen LogP contribution is -2.44. The second-order valence-electron chi connectivity index (χ2n) is 4.83. The molecular weight excluding hydrogens is 312 g/mol. The number of benzene rings is 1. The highest BCUT2D eigenvalue weighted by atomic mass is 32.2. The zero-order valence-corrected chi connectivity index (χ0v) is 13.7. The summed E-state index contributed by atoms with van der Waals surface area (Å²) in [5.41, 5.74) is 6.42. The molecule has 1 atom stereocenters. The van der Waals surface area contributed by atoms with Crippen LogP contribution in [0.5, 0.6) is 0 Å². The Labute approximate surface area is 129 Å². The first-order valence-electron chi connectivity index (χ1n) is 6.38. The summed E-state index contributed by atoms with van der Waals surface area (Å²) in [4.78, 5) is 0.741. The third-order valence-corrected chi connectivity index (χ3v) is 6.58. The lowest BCUT2D eigenvalue weighted by molar-refractivity contribution is 0.367. The lowest BCUT2D eigenvalue weighted by atomic mass is 10.1. The Kier molecular flexibility index (Phi) is 5.06. The van der Waals surface area contributed by atoms with Crippen molar-refractivity contribution in [2.45, 2.75) is 24.3 Å². The van der Waals surface area contributed by atoms with Gasteiger partial charge in [0, 0.05) is 30.5 Å². The molecule has 1 aromatic rings. The number of nitrogens with zero attached hydrogens (tertiary/aromatic N) is 1. The Balaban J connectivity index is 2.23. The SMILES string of the molecule is CC1CSCCN1S(=O)(=O)c1ccc(CC(N)=S)cc1. The first kappa shape index (κ1) is 15.8. The van der Waals surface area contributed by atoms with E-state index < -0.39 is 10.0 Å². The molecule has 7 heteroatoms.